The minimum atomic E-state index is 0.584. The van der Waals surface area contributed by atoms with Gasteiger partial charge in [0.05, 0.1) is 24.8 Å². The molecule has 0 bridgehead atoms. The number of hydrogen-bond donors (Lipinski definition) is 1. The van der Waals surface area contributed by atoms with Crippen LogP contribution in [-0.2, 0) is 11.3 Å². The summed E-state index contributed by atoms with van der Waals surface area (Å²) in [6.45, 7) is 1.60. The molecule has 0 fully saturated rings. The summed E-state index contributed by atoms with van der Waals surface area (Å²) >= 11 is 0. The number of hydrogen-bond acceptors (Lipinski definition) is 3. The Morgan fingerprint density at radius 3 is 3.19 bits per heavy atom. The summed E-state index contributed by atoms with van der Waals surface area (Å²) in [5.41, 5.74) is 2.63. The first-order valence-corrected chi connectivity index (χ1v) is 5.71. The molecule has 1 aliphatic rings. The normalized spacial score (nSPS) is 20.1. The van der Waals surface area contributed by atoms with Crippen LogP contribution in [0.4, 0.5) is 0 Å². The minimum Gasteiger partial charge on any atom is -0.383 e. The Morgan fingerprint density at radius 1 is 1.62 bits per heavy atom. The smallest absolute Gasteiger partial charge is 0.0951 e. The molecule has 16 heavy (non-hydrogen) atoms. The van der Waals surface area contributed by atoms with Crippen molar-refractivity contribution in [1.82, 2.24) is 14.9 Å². The molecule has 4 heteroatoms. The van der Waals surface area contributed by atoms with Crippen molar-refractivity contribution in [2.24, 2.45) is 0 Å². The topological polar surface area (TPSA) is 39.1 Å². The number of ether oxygens (including phenoxy) is 1. The SMILES string of the molecule is CNC1CC=C(c2cncn2CCOC)C1. The zero-order valence-electron chi connectivity index (χ0n) is 9.94. The Bertz CT molecular complexity index is 370. The summed E-state index contributed by atoms with van der Waals surface area (Å²) in [5.74, 6) is 0. The highest BCUT2D eigenvalue weighted by Gasteiger charge is 2.18. The van der Waals surface area contributed by atoms with E-state index in [-0.39, 0.29) is 0 Å². The monoisotopic (exact) mass is 221 g/mol. The van der Waals surface area contributed by atoms with Crippen molar-refractivity contribution in [3.63, 3.8) is 0 Å². The largest absolute Gasteiger partial charge is 0.383 e. The third-order valence-corrected chi connectivity index (χ3v) is 3.10. The molecule has 1 aromatic heterocycles. The van der Waals surface area contributed by atoms with E-state index in [1.807, 2.05) is 19.6 Å². The van der Waals surface area contributed by atoms with E-state index in [0.29, 0.717) is 6.04 Å². The van der Waals surface area contributed by atoms with Gasteiger partial charge >= 0.3 is 0 Å². The van der Waals surface area contributed by atoms with Gasteiger partial charge in [0.1, 0.15) is 0 Å². The lowest BCUT2D eigenvalue weighted by Crippen LogP contribution is -2.21. The maximum Gasteiger partial charge on any atom is 0.0951 e. The van der Waals surface area contributed by atoms with E-state index in [1.165, 1.54) is 11.3 Å². The molecule has 4 nitrogen and oxygen atoms in total. The fourth-order valence-electron chi connectivity index (χ4n) is 2.10. The van der Waals surface area contributed by atoms with Gasteiger partial charge in [0.25, 0.3) is 0 Å². The van der Waals surface area contributed by atoms with Crippen molar-refractivity contribution in [3.05, 3.63) is 24.3 Å². The first kappa shape index (κ1) is 11.4. The standard InChI is InChI=1S/C12H19N3O/c1-13-11-4-3-10(7-11)12-8-14-9-15(12)5-6-16-2/h3,8-9,11,13H,4-7H2,1-2H3. The Labute approximate surface area is 96.3 Å². The lowest BCUT2D eigenvalue weighted by Gasteiger charge is -2.10. The molecule has 0 radical (unpaired) electrons. The molecule has 0 amide bonds. The highest BCUT2D eigenvalue weighted by atomic mass is 16.5. The van der Waals surface area contributed by atoms with Crippen molar-refractivity contribution in [2.75, 3.05) is 20.8 Å². The van der Waals surface area contributed by atoms with E-state index in [9.17, 15) is 0 Å². The van der Waals surface area contributed by atoms with Gasteiger partial charge in [-0.3, -0.25) is 0 Å². The third kappa shape index (κ3) is 2.33. The van der Waals surface area contributed by atoms with Gasteiger partial charge in [0, 0.05) is 19.7 Å². The summed E-state index contributed by atoms with van der Waals surface area (Å²) in [7, 11) is 3.74. The van der Waals surface area contributed by atoms with Crippen LogP contribution in [0.25, 0.3) is 5.57 Å². The second kappa shape index (κ2) is 5.27. The van der Waals surface area contributed by atoms with Gasteiger partial charge in [0.2, 0.25) is 0 Å². The molecule has 1 N–H and O–H groups in total. The summed E-state index contributed by atoms with van der Waals surface area (Å²) in [6.07, 6.45) is 8.33. The Hall–Kier alpha value is -1.13. The molecule has 0 saturated heterocycles. The molecule has 1 aromatic rings. The zero-order chi connectivity index (χ0) is 11.4. The summed E-state index contributed by atoms with van der Waals surface area (Å²) in [5, 5.41) is 3.31. The number of nitrogens with zero attached hydrogens (tertiary/aromatic N) is 2. The van der Waals surface area contributed by atoms with Crippen LogP contribution in [0.15, 0.2) is 18.6 Å². The first-order chi connectivity index (χ1) is 7.85. The molecule has 0 aliphatic heterocycles. The molecule has 88 valence electrons. The van der Waals surface area contributed by atoms with Crippen molar-refractivity contribution >= 4 is 5.57 Å². The minimum absolute atomic E-state index is 0.584. The van der Waals surface area contributed by atoms with Gasteiger partial charge in [-0.25, -0.2) is 4.98 Å². The van der Waals surface area contributed by atoms with Crippen molar-refractivity contribution in [2.45, 2.75) is 25.4 Å². The average Bonchev–Trinajstić information content (AvgIpc) is 2.94. The first-order valence-electron chi connectivity index (χ1n) is 5.71. The van der Waals surface area contributed by atoms with Crippen LogP contribution in [0.2, 0.25) is 0 Å². The quantitative estimate of drug-likeness (QED) is 0.814. The molecule has 0 aromatic carbocycles. The Morgan fingerprint density at radius 2 is 2.50 bits per heavy atom. The van der Waals surface area contributed by atoms with Crippen LogP contribution >= 0.6 is 0 Å². The van der Waals surface area contributed by atoms with Crippen LogP contribution in [0.5, 0.6) is 0 Å². The Kier molecular flexibility index (Phi) is 3.74. The highest BCUT2D eigenvalue weighted by molar-refractivity contribution is 5.65. The van der Waals surface area contributed by atoms with Gasteiger partial charge in [-0.1, -0.05) is 6.08 Å². The van der Waals surface area contributed by atoms with Crippen molar-refractivity contribution in [3.8, 4) is 0 Å². The maximum atomic E-state index is 5.09. The number of nitrogens with one attached hydrogen (secondary N) is 1. The fourth-order valence-corrected chi connectivity index (χ4v) is 2.10. The Balaban J connectivity index is 2.06. The lowest BCUT2D eigenvalue weighted by molar-refractivity contribution is 0.187. The molecule has 1 heterocycles. The molecular formula is C12H19N3O. The third-order valence-electron chi connectivity index (χ3n) is 3.10. The van der Waals surface area contributed by atoms with E-state index in [0.717, 1.165) is 26.0 Å². The highest BCUT2D eigenvalue weighted by Crippen LogP contribution is 2.27. The van der Waals surface area contributed by atoms with Crippen LogP contribution in [0.3, 0.4) is 0 Å². The predicted molar refractivity (Wildman–Crippen MR) is 64.2 cm³/mol. The summed E-state index contributed by atoms with van der Waals surface area (Å²) in [6, 6.07) is 0.584. The summed E-state index contributed by atoms with van der Waals surface area (Å²) < 4.78 is 7.25. The van der Waals surface area contributed by atoms with Gasteiger partial charge < -0.3 is 14.6 Å². The zero-order valence-corrected chi connectivity index (χ0v) is 9.94. The average molecular weight is 221 g/mol. The molecular weight excluding hydrogens is 202 g/mol. The van der Waals surface area contributed by atoms with Crippen molar-refractivity contribution < 1.29 is 4.74 Å². The molecule has 0 saturated carbocycles. The van der Waals surface area contributed by atoms with Gasteiger partial charge in [-0.2, -0.15) is 0 Å². The van der Waals surface area contributed by atoms with Gasteiger partial charge in [0.15, 0.2) is 0 Å². The number of imidazole rings is 1. The summed E-state index contributed by atoms with van der Waals surface area (Å²) in [4.78, 5) is 4.22. The van der Waals surface area contributed by atoms with E-state index in [1.54, 1.807) is 7.11 Å². The number of rotatable bonds is 5. The van der Waals surface area contributed by atoms with Crippen LogP contribution in [0.1, 0.15) is 18.5 Å². The number of methoxy groups -OCH3 is 1. The van der Waals surface area contributed by atoms with Crippen LogP contribution in [-0.4, -0.2) is 36.4 Å². The lowest BCUT2D eigenvalue weighted by atomic mass is 10.1. The van der Waals surface area contributed by atoms with Crippen molar-refractivity contribution in [1.29, 1.82) is 0 Å². The molecule has 1 aliphatic carbocycles. The van der Waals surface area contributed by atoms with Gasteiger partial charge in [-0.15, -0.1) is 0 Å². The molecule has 2 rings (SSSR count). The van der Waals surface area contributed by atoms with Gasteiger partial charge in [-0.05, 0) is 25.5 Å². The second-order valence-corrected chi connectivity index (χ2v) is 4.12. The fraction of sp³-hybridized carbons (Fsp3) is 0.583. The molecule has 1 unspecified atom stereocenters. The van der Waals surface area contributed by atoms with Crippen LogP contribution in [0, 0.1) is 0 Å². The predicted octanol–water partition coefficient (Wildman–Crippen LogP) is 1.29. The van der Waals surface area contributed by atoms with E-state index >= 15 is 0 Å². The van der Waals surface area contributed by atoms with E-state index < -0.39 is 0 Å². The second-order valence-electron chi connectivity index (χ2n) is 4.12. The van der Waals surface area contributed by atoms with E-state index in [2.05, 4.69) is 20.9 Å². The molecule has 0 spiro atoms. The van der Waals surface area contributed by atoms with Crippen LogP contribution < -0.4 is 5.32 Å². The number of aromatic nitrogens is 2. The maximum absolute atomic E-state index is 5.09. The van der Waals surface area contributed by atoms with E-state index in [4.69, 9.17) is 4.74 Å². The molecule has 1 atom stereocenters.